The molecule has 0 unspecified atom stereocenters. The molecule has 0 fully saturated rings. The Hall–Kier alpha value is -3.31. The summed E-state index contributed by atoms with van der Waals surface area (Å²) in [6.07, 6.45) is 5.98. The lowest BCUT2D eigenvalue weighted by atomic mass is 10.1. The molecule has 188 valence electrons. The van der Waals surface area contributed by atoms with E-state index in [-0.39, 0.29) is 5.91 Å². The fourth-order valence-corrected chi connectivity index (χ4v) is 4.45. The summed E-state index contributed by atoms with van der Waals surface area (Å²) in [4.78, 5) is 17.1. The van der Waals surface area contributed by atoms with E-state index < -0.39 is 0 Å². The predicted molar refractivity (Wildman–Crippen MR) is 147 cm³/mol. The fourth-order valence-electron chi connectivity index (χ4n) is 4.33. The minimum atomic E-state index is -0.0557. The number of fused-ring (bicyclic) bond motifs is 1. The SMILES string of the molecule is Cc1ccccc1OCCCCn1c(CCCCCNC(=O)c2ccc(Cl)cc2)nc2ccccc21. The van der Waals surface area contributed by atoms with Gasteiger partial charge in [-0.2, -0.15) is 0 Å². The summed E-state index contributed by atoms with van der Waals surface area (Å²) < 4.78 is 8.33. The Bertz CT molecular complexity index is 1270. The number of unbranched alkanes of at least 4 members (excludes halogenated alkanes) is 3. The van der Waals surface area contributed by atoms with E-state index in [2.05, 4.69) is 41.1 Å². The first kappa shape index (κ1) is 25.8. The molecule has 4 rings (SSSR count). The summed E-state index contributed by atoms with van der Waals surface area (Å²) in [7, 11) is 0. The first-order valence-corrected chi connectivity index (χ1v) is 13.2. The summed E-state index contributed by atoms with van der Waals surface area (Å²) in [5.41, 5.74) is 4.06. The van der Waals surface area contributed by atoms with E-state index in [9.17, 15) is 4.79 Å². The van der Waals surface area contributed by atoms with Gasteiger partial charge < -0.3 is 14.6 Å². The zero-order valence-electron chi connectivity index (χ0n) is 20.9. The summed E-state index contributed by atoms with van der Waals surface area (Å²) in [6, 6.07) is 23.5. The van der Waals surface area contributed by atoms with Crippen molar-refractivity contribution in [3.8, 4) is 5.75 Å². The number of nitrogens with one attached hydrogen (secondary N) is 1. The van der Waals surface area contributed by atoms with Crippen molar-refractivity contribution < 1.29 is 9.53 Å². The number of hydrogen-bond donors (Lipinski definition) is 1. The monoisotopic (exact) mass is 503 g/mol. The predicted octanol–water partition coefficient (Wildman–Crippen LogP) is 7.00. The third kappa shape index (κ3) is 7.11. The summed E-state index contributed by atoms with van der Waals surface area (Å²) in [6.45, 7) is 4.39. The highest BCUT2D eigenvalue weighted by Crippen LogP contribution is 2.20. The molecule has 1 N–H and O–H groups in total. The van der Waals surface area contributed by atoms with E-state index in [1.807, 2.05) is 24.3 Å². The van der Waals surface area contributed by atoms with Crippen molar-refractivity contribution in [1.82, 2.24) is 14.9 Å². The van der Waals surface area contributed by atoms with E-state index in [0.717, 1.165) is 62.2 Å². The second-order valence-electron chi connectivity index (χ2n) is 9.06. The van der Waals surface area contributed by atoms with Gasteiger partial charge in [-0.3, -0.25) is 4.79 Å². The molecule has 0 radical (unpaired) electrons. The minimum absolute atomic E-state index is 0.0557. The number of rotatable bonds is 13. The third-order valence-electron chi connectivity index (χ3n) is 6.33. The van der Waals surface area contributed by atoms with Crippen LogP contribution >= 0.6 is 11.6 Å². The average Bonchev–Trinajstić information content (AvgIpc) is 3.24. The van der Waals surface area contributed by atoms with Crippen molar-refractivity contribution in [1.29, 1.82) is 0 Å². The molecule has 1 heterocycles. The second-order valence-corrected chi connectivity index (χ2v) is 9.50. The lowest BCUT2D eigenvalue weighted by molar-refractivity contribution is 0.0953. The second kappa shape index (κ2) is 13.1. The van der Waals surface area contributed by atoms with Crippen LogP contribution in [-0.4, -0.2) is 28.6 Å². The van der Waals surface area contributed by atoms with Gasteiger partial charge in [0, 0.05) is 30.1 Å². The molecule has 6 heteroatoms. The lowest BCUT2D eigenvalue weighted by Crippen LogP contribution is -2.24. The van der Waals surface area contributed by atoms with Crippen LogP contribution in [0.4, 0.5) is 0 Å². The maximum Gasteiger partial charge on any atom is 0.251 e. The number of carbonyl (C=O) groups is 1. The molecule has 0 atom stereocenters. The molecule has 4 aromatic rings. The quantitative estimate of drug-likeness (QED) is 0.200. The normalized spacial score (nSPS) is 11.1. The topological polar surface area (TPSA) is 56.1 Å². The van der Waals surface area contributed by atoms with Crippen molar-refractivity contribution in [2.75, 3.05) is 13.2 Å². The minimum Gasteiger partial charge on any atom is -0.493 e. The van der Waals surface area contributed by atoms with Crippen LogP contribution in [0.2, 0.25) is 5.02 Å². The Morgan fingerprint density at radius 1 is 0.917 bits per heavy atom. The number of ether oxygens (including phenoxy) is 1. The maximum atomic E-state index is 12.2. The maximum absolute atomic E-state index is 12.2. The number of carbonyl (C=O) groups excluding carboxylic acids is 1. The smallest absolute Gasteiger partial charge is 0.251 e. The van der Waals surface area contributed by atoms with Gasteiger partial charge in [0.05, 0.1) is 17.6 Å². The number of hydrogen-bond acceptors (Lipinski definition) is 3. The van der Waals surface area contributed by atoms with Gasteiger partial charge in [0.1, 0.15) is 11.6 Å². The number of aryl methyl sites for hydroxylation is 3. The zero-order valence-corrected chi connectivity index (χ0v) is 21.6. The molecule has 3 aromatic carbocycles. The van der Waals surface area contributed by atoms with Crippen molar-refractivity contribution >= 4 is 28.5 Å². The van der Waals surface area contributed by atoms with Gasteiger partial charge in [-0.15, -0.1) is 0 Å². The first-order chi connectivity index (χ1) is 17.6. The van der Waals surface area contributed by atoms with Crippen molar-refractivity contribution in [2.45, 2.75) is 52.0 Å². The zero-order chi connectivity index (χ0) is 25.2. The van der Waals surface area contributed by atoms with Crippen LogP contribution in [-0.2, 0) is 13.0 Å². The number of benzene rings is 3. The molecule has 1 aromatic heterocycles. The van der Waals surface area contributed by atoms with E-state index in [4.69, 9.17) is 21.3 Å². The fraction of sp³-hybridized carbons (Fsp3) is 0.333. The van der Waals surface area contributed by atoms with Crippen molar-refractivity contribution in [3.05, 3.63) is 94.8 Å². The highest BCUT2D eigenvalue weighted by atomic mass is 35.5. The first-order valence-electron chi connectivity index (χ1n) is 12.8. The molecule has 0 aliphatic rings. The van der Waals surface area contributed by atoms with E-state index >= 15 is 0 Å². The lowest BCUT2D eigenvalue weighted by Gasteiger charge is -2.11. The standard InChI is InChI=1S/C30H34ClN3O2/c1-23-11-4-7-14-28(23)36-22-10-9-21-34-27-13-6-5-12-26(27)33-29(34)15-3-2-8-20-32-30(35)24-16-18-25(31)19-17-24/h4-7,11-14,16-19H,2-3,8-10,15,20-22H2,1H3,(H,32,35). The van der Waals surface area contributed by atoms with E-state index in [0.29, 0.717) is 23.7 Å². The number of amides is 1. The van der Waals surface area contributed by atoms with Gasteiger partial charge in [-0.05, 0) is 80.6 Å². The summed E-state index contributed by atoms with van der Waals surface area (Å²) in [5, 5.41) is 3.62. The van der Waals surface area contributed by atoms with Crippen molar-refractivity contribution in [2.24, 2.45) is 0 Å². The highest BCUT2D eigenvalue weighted by Gasteiger charge is 2.10. The van der Waals surface area contributed by atoms with Gasteiger partial charge in [0.2, 0.25) is 0 Å². The van der Waals surface area contributed by atoms with Gasteiger partial charge in [0.25, 0.3) is 5.91 Å². The van der Waals surface area contributed by atoms with Gasteiger partial charge in [0.15, 0.2) is 0 Å². The molecule has 5 nitrogen and oxygen atoms in total. The Morgan fingerprint density at radius 3 is 2.53 bits per heavy atom. The van der Waals surface area contributed by atoms with Gasteiger partial charge >= 0.3 is 0 Å². The Morgan fingerprint density at radius 2 is 1.69 bits per heavy atom. The molecule has 0 bridgehead atoms. The Kier molecular flexibility index (Phi) is 9.40. The summed E-state index contributed by atoms with van der Waals surface area (Å²) >= 11 is 5.89. The van der Waals surface area contributed by atoms with Crippen LogP contribution < -0.4 is 10.1 Å². The van der Waals surface area contributed by atoms with Gasteiger partial charge in [-0.25, -0.2) is 4.98 Å². The largest absolute Gasteiger partial charge is 0.493 e. The van der Waals surface area contributed by atoms with Crippen LogP contribution in [0.15, 0.2) is 72.8 Å². The average molecular weight is 504 g/mol. The molecular weight excluding hydrogens is 470 g/mol. The van der Waals surface area contributed by atoms with Crippen LogP contribution in [0, 0.1) is 6.92 Å². The van der Waals surface area contributed by atoms with Crippen LogP contribution in [0.1, 0.15) is 53.8 Å². The van der Waals surface area contributed by atoms with Crippen LogP contribution in [0.5, 0.6) is 5.75 Å². The van der Waals surface area contributed by atoms with Crippen LogP contribution in [0.25, 0.3) is 11.0 Å². The highest BCUT2D eigenvalue weighted by molar-refractivity contribution is 6.30. The molecule has 0 saturated carbocycles. The molecule has 36 heavy (non-hydrogen) atoms. The van der Waals surface area contributed by atoms with Gasteiger partial charge in [-0.1, -0.05) is 48.4 Å². The molecule has 0 saturated heterocycles. The number of halogens is 1. The Labute approximate surface area is 218 Å². The number of imidazole rings is 1. The third-order valence-corrected chi connectivity index (χ3v) is 6.58. The molecule has 0 aliphatic carbocycles. The summed E-state index contributed by atoms with van der Waals surface area (Å²) in [5.74, 6) is 2.05. The number of nitrogens with zero attached hydrogens (tertiary/aromatic N) is 2. The Balaban J connectivity index is 1.22. The molecule has 0 aliphatic heterocycles. The molecule has 0 spiro atoms. The van der Waals surface area contributed by atoms with E-state index in [1.165, 1.54) is 11.1 Å². The number of aromatic nitrogens is 2. The molecular formula is C30H34ClN3O2. The molecule has 1 amide bonds. The van der Waals surface area contributed by atoms with Crippen LogP contribution in [0.3, 0.4) is 0 Å². The van der Waals surface area contributed by atoms with E-state index in [1.54, 1.807) is 24.3 Å². The van der Waals surface area contributed by atoms with Crippen molar-refractivity contribution in [3.63, 3.8) is 0 Å². The number of para-hydroxylation sites is 3.